The van der Waals surface area contributed by atoms with Gasteiger partial charge in [0.2, 0.25) is 0 Å². The lowest BCUT2D eigenvalue weighted by Gasteiger charge is -2.52. The molecule has 3 heterocycles. The van der Waals surface area contributed by atoms with Crippen molar-refractivity contribution in [2.24, 2.45) is 17.8 Å². The smallest absolute Gasteiger partial charge is 0.262 e. The van der Waals surface area contributed by atoms with E-state index in [0.717, 1.165) is 94.4 Å². The molecule has 13 heteroatoms. The topological polar surface area (TPSA) is 108 Å². The monoisotopic (exact) mass is 814 g/mol. The molecule has 5 aliphatic rings. The highest BCUT2D eigenvalue weighted by Crippen LogP contribution is 2.49. The van der Waals surface area contributed by atoms with Gasteiger partial charge in [-0.15, -0.1) is 0 Å². The number of aryl methyl sites for hydroxylation is 1. The Hall–Kier alpha value is -2.61. The Morgan fingerprint density at radius 1 is 1.09 bits per heavy atom. The molecule has 2 fully saturated rings. The van der Waals surface area contributed by atoms with Crippen LogP contribution in [0.25, 0.3) is 0 Å². The Balaban J connectivity index is 1.25. The second kappa shape index (κ2) is 16.0. The minimum absolute atomic E-state index is 0.0139. The van der Waals surface area contributed by atoms with Crippen LogP contribution in [-0.4, -0.2) is 123 Å². The summed E-state index contributed by atoms with van der Waals surface area (Å²) in [7, 11) is -4.17. The molecule has 1 N–H and O–H groups in total. The van der Waals surface area contributed by atoms with Crippen molar-refractivity contribution in [1.29, 1.82) is 0 Å². The minimum Gasteiger partial charge on any atom is -0.490 e. The fraction of sp³-hybridized carbons (Fsp3) is 0.619. The molecular weight excluding hydrogens is 756 g/mol. The highest BCUT2D eigenvalue weighted by atomic mass is 35.5. The molecule has 55 heavy (non-hydrogen) atoms. The van der Waals surface area contributed by atoms with E-state index in [1.165, 1.54) is 17.4 Å². The predicted octanol–water partition coefficient (Wildman–Crippen LogP) is 5.23. The van der Waals surface area contributed by atoms with Crippen molar-refractivity contribution in [2.75, 3.05) is 83.0 Å². The normalized spacial score (nSPS) is 34.1. The Bertz CT molecular complexity index is 2000. The molecule has 1 saturated heterocycles. The van der Waals surface area contributed by atoms with Crippen LogP contribution >= 0.6 is 11.6 Å². The number of carbonyl (C=O) groups is 1. The van der Waals surface area contributed by atoms with Crippen molar-refractivity contribution in [1.82, 2.24) is 14.5 Å². The molecule has 1 amide bonds. The van der Waals surface area contributed by atoms with Crippen molar-refractivity contribution in [3.8, 4) is 5.75 Å². The first kappa shape index (κ1) is 40.6. The molecule has 2 aliphatic carbocycles. The van der Waals surface area contributed by atoms with Crippen molar-refractivity contribution in [3.63, 3.8) is 0 Å². The van der Waals surface area contributed by atoms with Gasteiger partial charge in [-0.25, -0.2) is 12.6 Å². The zero-order valence-electron chi connectivity index (χ0n) is 32.9. The van der Waals surface area contributed by atoms with Gasteiger partial charge < -0.3 is 14.4 Å². The number of nitrogens with zero attached hydrogens (tertiary/aromatic N) is 3. The van der Waals surface area contributed by atoms with Crippen LogP contribution in [-0.2, 0) is 36.1 Å². The summed E-state index contributed by atoms with van der Waals surface area (Å²) < 4.78 is 54.0. The molecule has 7 atom stereocenters. The highest BCUT2D eigenvalue weighted by Gasteiger charge is 2.50. The first-order chi connectivity index (χ1) is 26.1. The third-order valence-electron chi connectivity index (χ3n) is 13.5. The van der Waals surface area contributed by atoms with E-state index in [4.69, 9.17) is 21.1 Å². The molecule has 0 aromatic heterocycles. The van der Waals surface area contributed by atoms with E-state index in [1.54, 1.807) is 6.07 Å². The van der Waals surface area contributed by atoms with Crippen molar-refractivity contribution in [2.45, 2.75) is 68.6 Å². The second-order valence-corrected chi connectivity index (χ2v) is 22.2. The molecule has 3 aliphatic heterocycles. The van der Waals surface area contributed by atoms with E-state index < -0.39 is 31.1 Å². The van der Waals surface area contributed by atoms with Crippen LogP contribution in [0.5, 0.6) is 5.75 Å². The number of nitrogens with one attached hydrogen (secondary N) is 1. The van der Waals surface area contributed by atoms with Crippen LogP contribution in [0.2, 0.25) is 5.02 Å². The van der Waals surface area contributed by atoms with E-state index in [1.807, 2.05) is 32.2 Å². The first-order valence-electron chi connectivity index (χ1n) is 19.9. The number of hydrogen-bond donors (Lipinski definition) is 1. The average Bonchev–Trinajstić information content (AvgIpc) is 3.28. The minimum atomic E-state index is -3.02. The van der Waals surface area contributed by atoms with Gasteiger partial charge in [-0.2, -0.15) is 0 Å². The fourth-order valence-corrected chi connectivity index (χ4v) is 12.0. The van der Waals surface area contributed by atoms with Crippen LogP contribution < -0.4 is 14.4 Å². The predicted molar refractivity (Wildman–Crippen MR) is 224 cm³/mol. The summed E-state index contributed by atoms with van der Waals surface area (Å²) in [6.07, 6.45) is 11.5. The van der Waals surface area contributed by atoms with E-state index >= 15 is 0 Å². The van der Waals surface area contributed by atoms with Gasteiger partial charge in [0.15, 0.2) is 0 Å². The highest BCUT2D eigenvalue weighted by molar-refractivity contribution is 7.99. The second-order valence-electron chi connectivity index (χ2n) is 17.1. The number of carbonyl (C=O) groups excluding carboxylic acids is 1. The van der Waals surface area contributed by atoms with Crippen LogP contribution in [0.1, 0.15) is 67.4 Å². The number of anilines is 1. The molecule has 10 nitrogen and oxygen atoms in total. The number of methoxy groups -OCH3 is 1. The van der Waals surface area contributed by atoms with Crippen molar-refractivity contribution in [3.05, 3.63) is 70.3 Å². The van der Waals surface area contributed by atoms with E-state index in [0.29, 0.717) is 31.1 Å². The van der Waals surface area contributed by atoms with Gasteiger partial charge in [-0.1, -0.05) is 36.7 Å². The quantitative estimate of drug-likeness (QED) is 0.310. The number of hydrogen-bond acceptors (Lipinski definition) is 9. The number of rotatable bonds is 6. The molecule has 2 bridgehead atoms. The zero-order chi connectivity index (χ0) is 39.2. The van der Waals surface area contributed by atoms with Crippen LogP contribution in [0.15, 0.2) is 48.6 Å². The number of benzene rings is 2. The molecule has 2 aromatic carbocycles. The summed E-state index contributed by atoms with van der Waals surface area (Å²) in [4.78, 5) is 21.0. The third kappa shape index (κ3) is 8.65. The lowest BCUT2D eigenvalue weighted by atomic mass is 9.63. The van der Waals surface area contributed by atoms with Gasteiger partial charge in [0, 0.05) is 87.0 Å². The van der Waals surface area contributed by atoms with E-state index in [9.17, 15) is 17.4 Å². The largest absolute Gasteiger partial charge is 0.490 e. The van der Waals surface area contributed by atoms with Gasteiger partial charge in [-0.05, 0) is 111 Å². The number of fused-ring (bicyclic) bond motifs is 4. The maximum Gasteiger partial charge on any atom is 0.262 e. The third-order valence-corrected chi connectivity index (χ3v) is 16.8. The number of halogens is 1. The van der Waals surface area contributed by atoms with Gasteiger partial charge in [0.25, 0.3) is 5.91 Å². The van der Waals surface area contributed by atoms with Gasteiger partial charge in [0.05, 0.1) is 27.8 Å². The summed E-state index contributed by atoms with van der Waals surface area (Å²) in [5.41, 5.74) is 3.06. The standard InChI is InChI=1S/C42H59ClN4O6S2/c1-30-8-6-17-42(52-3,28-46-20-18-45(19-21-46)22-23-54(4,49)50)37-13-10-34(37)26-47-27-41(16-7-9-32-24-35(43)12-14-36(32)41)29-53-39-15-11-33(25-38(39)47)40(48)44-55(5,51)31(30)2/h6,11-12,14-15,17,24-25,30-31,34,37H,5,7-10,13,16,18-23,26-29H2,1-4H3,(H,44,48,51)/b17-6+/t30-,31+,34-,37+,41-,42-,55?/m0/s1. The fourth-order valence-electron chi connectivity index (χ4n) is 9.72. The van der Waals surface area contributed by atoms with Gasteiger partial charge in [0.1, 0.15) is 21.2 Å². The molecule has 1 saturated carbocycles. The van der Waals surface area contributed by atoms with Crippen LogP contribution in [0.4, 0.5) is 5.69 Å². The van der Waals surface area contributed by atoms with Crippen LogP contribution in [0, 0.1) is 17.8 Å². The molecule has 2 aromatic rings. The Morgan fingerprint density at radius 2 is 1.85 bits per heavy atom. The van der Waals surface area contributed by atoms with Gasteiger partial charge >= 0.3 is 0 Å². The first-order valence-corrected chi connectivity index (χ1v) is 24.2. The molecule has 1 unspecified atom stereocenters. The van der Waals surface area contributed by atoms with E-state index in [2.05, 4.69) is 56.5 Å². The van der Waals surface area contributed by atoms with Crippen molar-refractivity contribution < 1.29 is 26.9 Å². The Morgan fingerprint density at radius 3 is 2.56 bits per heavy atom. The Labute approximate surface area is 334 Å². The SMILES string of the molecule is C=S1(=O)NC(=O)c2ccc3c(c2)N(C[C@@H]2CC[C@H]2[C@](CN2CCN(CCS(C)(=O)=O)CC2)(OC)/C=C/C[C@H](C)[C@H]1C)C[C@@]1(CCCc2cc(Cl)ccc21)CO3. The van der Waals surface area contributed by atoms with E-state index in [-0.39, 0.29) is 28.3 Å². The van der Waals surface area contributed by atoms with Gasteiger partial charge in [-0.3, -0.25) is 19.3 Å². The molecule has 7 rings (SSSR count). The number of piperazine rings is 1. The summed E-state index contributed by atoms with van der Waals surface area (Å²) in [5, 5.41) is 0.374. The lowest BCUT2D eigenvalue weighted by Crippen LogP contribution is -2.59. The lowest BCUT2D eigenvalue weighted by molar-refractivity contribution is -0.0953. The molecular formula is C42H59ClN4O6S2. The molecule has 302 valence electrons. The average molecular weight is 816 g/mol. The molecule has 0 radical (unpaired) electrons. The Kier molecular flexibility index (Phi) is 11.8. The van der Waals surface area contributed by atoms with Crippen molar-refractivity contribution >= 4 is 48.6 Å². The zero-order valence-corrected chi connectivity index (χ0v) is 35.3. The van der Waals surface area contributed by atoms with Crippen LogP contribution in [0.3, 0.4) is 0 Å². The summed E-state index contributed by atoms with van der Waals surface area (Å²) >= 11 is 6.51. The number of allylic oxidation sites excluding steroid dienone is 1. The number of ether oxygens (including phenoxy) is 2. The maximum atomic E-state index is 14.1. The summed E-state index contributed by atoms with van der Waals surface area (Å²) in [6, 6.07) is 11.9. The number of sulfone groups is 1. The number of amides is 1. The summed E-state index contributed by atoms with van der Waals surface area (Å²) in [6.45, 7) is 10.6. The maximum absolute atomic E-state index is 14.1. The summed E-state index contributed by atoms with van der Waals surface area (Å²) in [5.74, 6) is 5.13. The molecule has 1 spiro atoms.